The highest BCUT2D eigenvalue weighted by Crippen LogP contribution is 2.12. The van der Waals surface area contributed by atoms with Gasteiger partial charge in [0, 0.05) is 25.3 Å². The molecule has 0 heterocycles. The third kappa shape index (κ3) is 13.4. The maximum atomic E-state index is 13.5. The SMILES string of the molecule is CC(NC(=O)C(CC(=O)N(C)C)NC(=O)C(NC(=O)C(NC(=O)OC(C)(C)C)C(C)C)C(C)C)C(=O)C(=O)Nc1cccc(C(N)=O)c1. The number of primary amides is 1. The van der Waals surface area contributed by atoms with Crippen molar-refractivity contribution in [2.75, 3.05) is 19.4 Å². The molecule has 0 saturated carbocycles. The van der Waals surface area contributed by atoms with Crippen LogP contribution in [0.1, 0.15) is 72.2 Å². The number of benzene rings is 1. The average Bonchev–Trinajstić information content (AvgIpc) is 2.96. The lowest BCUT2D eigenvalue weighted by Gasteiger charge is -2.29. The van der Waals surface area contributed by atoms with Gasteiger partial charge in [-0.1, -0.05) is 33.8 Å². The van der Waals surface area contributed by atoms with Gasteiger partial charge < -0.3 is 42.0 Å². The van der Waals surface area contributed by atoms with Crippen molar-refractivity contribution in [3.63, 3.8) is 0 Å². The molecule has 0 fully saturated rings. The standard InChI is InChI=1S/C32H49N7O9/c1-16(2)23(37-29(45)24(17(3)4)38-31(47)48-32(6,7)8)28(44)36-21(15-22(40)39(9)10)27(43)34-18(5)25(41)30(46)35-20-13-11-12-19(14-20)26(33)42/h11-14,16-18,21,23-24H,15H2,1-10H3,(H2,33,42)(H,34,43)(H,35,46)(H,36,44)(H,37,45)(H,38,47). The number of alkyl carbamates (subject to hydrolysis) is 1. The monoisotopic (exact) mass is 675 g/mol. The fourth-order valence-corrected chi connectivity index (χ4v) is 4.09. The molecule has 4 unspecified atom stereocenters. The molecule has 1 aromatic rings. The highest BCUT2D eigenvalue weighted by atomic mass is 16.6. The first-order chi connectivity index (χ1) is 22.0. The lowest BCUT2D eigenvalue weighted by molar-refractivity contribution is -0.139. The van der Waals surface area contributed by atoms with Crippen molar-refractivity contribution in [1.82, 2.24) is 26.2 Å². The Balaban J connectivity index is 3.12. The Labute approximate surface area is 280 Å². The minimum Gasteiger partial charge on any atom is -0.444 e. The van der Waals surface area contributed by atoms with Crippen molar-refractivity contribution < 1.29 is 43.1 Å². The number of nitrogens with two attached hydrogens (primary N) is 1. The molecular weight excluding hydrogens is 626 g/mol. The largest absolute Gasteiger partial charge is 0.444 e. The maximum Gasteiger partial charge on any atom is 0.408 e. The van der Waals surface area contributed by atoms with Crippen molar-refractivity contribution in [2.24, 2.45) is 17.6 Å². The van der Waals surface area contributed by atoms with E-state index in [1.165, 1.54) is 50.2 Å². The Hall–Kier alpha value is -5.02. The van der Waals surface area contributed by atoms with Crippen LogP contribution in [-0.4, -0.2) is 96.1 Å². The van der Waals surface area contributed by atoms with Crippen LogP contribution in [0.25, 0.3) is 0 Å². The third-order valence-electron chi connectivity index (χ3n) is 6.76. The van der Waals surface area contributed by atoms with Gasteiger partial charge in [-0.3, -0.25) is 33.6 Å². The Morgan fingerprint density at radius 1 is 0.792 bits per heavy atom. The number of ketones is 1. The molecule has 7 amide bonds. The number of nitrogens with zero attached hydrogens (tertiary/aromatic N) is 1. The van der Waals surface area contributed by atoms with Gasteiger partial charge in [0.1, 0.15) is 23.7 Å². The van der Waals surface area contributed by atoms with E-state index in [1.807, 2.05) is 0 Å². The molecule has 16 nitrogen and oxygen atoms in total. The molecule has 0 spiro atoms. The molecule has 0 aliphatic rings. The highest BCUT2D eigenvalue weighted by molar-refractivity contribution is 6.42. The van der Waals surface area contributed by atoms with E-state index in [2.05, 4.69) is 26.6 Å². The molecule has 16 heteroatoms. The van der Waals surface area contributed by atoms with E-state index in [1.54, 1.807) is 48.5 Å². The van der Waals surface area contributed by atoms with Crippen LogP contribution in [0.3, 0.4) is 0 Å². The first kappa shape index (κ1) is 41.0. The predicted molar refractivity (Wildman–Crippen MR) is 176 cm³/mol. The van der Waals surface area contributed by atoms with E-state index in [0.29, 0.717) is 0 Å². The zero-order chi connectivity index (χ0) is 37.1. The molecule has 0 saturated heterocycles. The summed E-state index contributed by atoms with van der Waals surface area (Å²) in [7, 11) is 2.90. The Bertz CT molecular complexity index is 1390. The lowest BCUT2D eigenvalue weighted by atomic mass is 9.99. The first-order valence-corrected chi connectivity index (χ1v) is 15.4. The number of hydrogen-bond donors (Lipinski definition) is 6. The number of hydrogen-bond acceptors (Lipinski definition) is 9. The minimum atomic E-state index is -1.50. The maximum absolute atomic E-state index is 13.5. The van der Waals surface area contributed by atoms with Gasteiger partial charge in [0.25, 0.3) is 5.91 Å². The van der Waals surface area contributed by atoms with Crippen molar-refractivity contribution in [1.29, 1.82) is 0 Å². The second kappa shape index (κ2) is 17.8. The third-order valence-corrected chi connectivity index (χ3v) is 6.76. The van der Waals surface area contributed by atoms with Crippen LogP contribution in [0.2, 0.25) is 0 Å². The molecule has 1 rings (SSSR count). The van der Waals surface area contributed by atoms with Crippen LogP contribution in [0, 0.1) is 11.8 Å². The summed E-state index contributed by atoms with van der Waals surface area (Å²) in [5.74, 6) is -6.76. The normalized spacial score (nSPS) is 13.7. The summed E-state index contributed by atoms with van der Waals surface area (Å²) in [5.41, 5.74) is 4.65. The molecule has 1 aromatic carbocycles. The number of carbonyl (C=O) groups excluding carboxylic acids is 8. The van der Waals surface area contributed by atoms with Gasteiger partial charge in [-0.15, -0.1) is 0 Å². The lowest BCUT2D eigenvalue weighted by Crippen LogP contribution is -2.60. The summed E-state index contributed by atoms with van der Waals surface area (Å²) in [6, 6.07) is 0.410. The van der Waals surface area contributed by atoms with Gasteiger partial charge in [0.15, 0.2) is 0 Å². The van der Waals surface area contributed by atoms with Crippen molar-refractivity contribution in [2.45, 2.75) is 91.6 Å². The number of nitrogens with one attached hydrogen (secondary N) is 5. The highest BCUT2D eigenvalue weighted by Gasteiger charge is 2.35. The molecule has 0 aromatic heterocycles. The number of anilines is 1. The first-order valence-electron chi connectivity index (χ1n) is 15.4. The van der Waals surface area contributed by atoms with Crippen LogP contribution in [-0.2, 0) is 33.5 Å². The quantitative estimate of drug-likeness (QED) is 0.141. The summed E-state index contributed by atoms with van der Waals surface area (Å²) in [5, 5.41) is 12.3. The Morgan fingerprint density at radius 3 is 1.83 bits per heavy atom. The average molecular weight is 676 g/mol. The topological polar surface area (TPSA) is 235 Å². The van der Waals surface area contributed by atoms with Gasteiger partial charge in [-0.25, -0.2) is 4.79 Å². The number of carbonyl (C=O) groups is 8. The van der Waals surface area contributed by atoms with Gasteiger partial charge >= 0.3 is 6.09 Å². The molecule has 0 aliphatic heterocycles. The fraction of sp³-hybridized carbons (Fsp3) is 0.562. The van der Waals surface area contributed by atoms with Crippen LogP contribution in [0.15, 0.2) is 24.3 Å². The van der Waals surface area contributed by atoms with Crippen LogP contribution in [0.4, 0.5) is 10.5 Å². The second-order valence-corrected chi connectivity index (χ2v) is 13.1. The van der Waals surface area contributed by atoms with Gasteiger partial charge in [0.05, 0.1) is 12.5 Å². The van der Waals surface area contributed by atoms with Gasteiger partial charge in [0.2, 0.25) is 35.3 Å². The summed E-state index contributed by atoms with van der Waals surface area (Å²) < 4.78 is 5.25. The molecule has 266 valence electrons. The van der Waals surface area contributed by atoms with Crippen LogP contribution < -0.4 is 32.3 Å². The van der Waals surface area contributed by atoms with Crippen molar-refractivity contribution >= 4 is 53.0 Å². The van der Waals surface area contributed by atoms with E-state index < -0.39 is 95.3 Å². The minimum absolute atomic E-state index is 0.0978. The van der Waals surface area contributed by atoms with E-state index in [0.717, 1.165) is 0 Å². The summed E-state index contributed by atoms with van der Waals surface area (Å²) in [6.45, 7) is 12.9. The molecule has 0 radical (unpaired) electrons. The molecule has 0 aliphatic carbocycles. The molecule has 4 atom stereocenters. The number of ether oxygens (including phenoxy) is 1. The van der Waals surface area contributed by atoms with Gasteiger partial charge in [-0.05, 0) is 57.7 Å². The zero-order valence-corrected chi connectivity index (χ0v) is 29.2. The summed E-state index contributed by atoms with van der Waals surface area (Å²) in [6.07, 6.45) is -1.33. The zero-order valence-electron chi connectivity index (χ0n) is 29.2. The molecule has 48 heavy (non-hydrogen) atoms. The van der Waals surface area contributed by atoms with Crippen molar-refractivity contribution in [3.05, 3.63) is 29.8 Å². The number of Topliss-reactive ketones (excluding diaryl/α,β-unsaturated/α-hetero) is 1. The van der Waals surface area contributed by atoms with Gasteiger partial charge in [-0.2, -0.15) is 0 Å². The van der Waals surface area contributed by atoms with E-state index >= 15 is 0 Å². The number of rotatable bonds is 15. The van der Waals surface area contributed by atoms with E-state index in [-0.39, 0.29) is 11.3 Å². The predicted octanol–water partition coefficient (Wildman–Crippen LogP) is 0.451. The van der Waals surface area contributed by atoms with Crippen LogP contribution >= 0.6 is 0 Å². The Kier molecular flexibility index (Phi) is 15.2. The summed E-state index contributed by atoms with van der Waals surface area (Å²) in [4.78, 5) is 103. The number of amides is 7. The Morgan fingerprint density at radius 2 is 1.33 bits per heavy atom. The second-order valence-electron chi connectivity index (χ2n) is 13.1. The van der Waals surface area contributed by atoms with E-state index in [9.17, 15) is 38.4 Å². The molecule has 0 bridgehead atoms. The smallest absolute Gasteiger partial charge is 0.408 e. The van der Waals surface area contributed by atoms with Crippen molar-refractivity contribution in [3.8, 4) is 0 Å². The van der Waals surface area contributed by atoms with E-state index in [4.69, 9.17) is 10.5 Å². The summed E-state index contributed by atoms with van der Waals surface area (Å²) >= 11 is 0. The fourth-order valence-electron chi connectivity index (χ4n) is 4.09. The molecule has 7 N–H and O–H groups in total. The molecular formula is C32H49N7O9. The van der Waals surface area contributed by atoms with Crippen LogP contribution in [0.5, 0.6) is 0 Å².